The molecule has 0 bridgehead atoms. The van der Waals surface area contributed by atoms with E-state index in [1.807, 2.05) is 0 Å². The second kappa shape index (κ2) is 5.90. The maximum Gasteiger partial charge on any atom is 0.248 e. The zero-order valence-corrected chi connectivity index (χ0v) is 11.4. The Kier molecular flexibility index (Phi) is 4.24. The van der Waals surface area contributed by atoms with Crippen molar-refractivity contribution in [2.45, 2.75) is 10.8 Å². The van der Waals surface area contributed by atoms with Crippen molar-refractivity contribution < 1.29 is 4.79 Å². The van der Waals surface area contributed by atoms with Gasteiger partial charge in [0.05, 0.1) is 0 Å². The Morgan fingerprint density at radius 1 is 1.32 bits per heavy atom. The van der Waals surface area contributed by atoms with Crippen molar-refractivity contribution in [3.05, 3.63) is 46.7 Å². The number of nitrogens with two attached hydrogens (primary N) is 2. The third kappa shape index (κ3) is 3.36. The summed E-state index contributed by atoms with van der Waals surface area (Å²) in [6, 6.07) is 4.96. The molecule has 0 saturated heterocycles. The van der Waals surface area contributed by atoms with Crippen LogP contribution in [0.15, 0.2) is 35.6 Å². The van der Waals surface area contributed by atoms with Gasteiger partial charge in [-0.1, -0.05) is 29.4 Å². The molecule has 0 radical (unpaired) electrons. The second-order valence-corrected chi connectivity index (χ2v) is 5.08. The van der Waals surface area contributed by atoms with Crippen molar-refractivity contribution in [3.8, 4) is 0 Å². The summed E-state index contributed by atoms with van der Waals surface area (Å²) < 4.78 is 0. The number of anilines is 1. The van der Waals surface area contributed by atoms with Gasteiger partial charge in [-0.2, -0.15) is 0 Å². The smallest absolute Gasteiger partial charge is 0.248 e. The molecule has 5 nitrogen and oxygen atoms in total. The number of amides is 1. The van der Waals surface area contributed by atoms with Crippen LogP contribution in [0.2, 0.25) is 5.02 Å². The molecule has 0 fully saturated rings. The van der Waals surface area contributed by atoms with Crippen molar-refractivity contribution in [3.63, 3.8) is 0 Å². The number of hydrogen-bond donors (Lipinski definition) is 2. The summed E-state index contributed by atoms with van der Waals surface area (Å²) in [5.74, 6) is 0.470. The number of carbonyl (C=O) groups excluding carboxylic acids is 1. The van der Waals surface area contributed by atoms with Gasteiger partial charge in [0.15, 0.2) is 5.82 Å². The van der Waals surface area contributed by atoms with Gasteiger partial charge in [0, 0.05) is 28.7 Å². The molecule has 1 amide bonds. The van der Waals surface area contributed by atoms with Crippen LogP contribution in [0.3, 0.4) is 0 Å². The average Bonchev–Trinajstić information content (AvgIpc) is 2.39. The van der Waals surface area contributed by atoms with Crippen LogP contribution in [-0.4, -0.2) is 15.9 Å². The predicted octanol–water partition coefficient (Wildman–Crippen LogP) is 2.10. The average molecular weight is 295 g/mol. The van der Waals surface area contributed by atoms with Gasteiger partial charge in [0.2, 0.25) is 5.91 Å². The molecule has 0 aliphatic rings. The Bertz CT molecular complexity index is 620. The molecule has 4 N–H and O–H groups in total. The van der Waals surface area contributed by atoms with Crippen LogP contribution >= 0.6 is 23.4 Å². The van der Waals surface area contributed by atoms with Crippen LogP contribution in [0.1, 0.15) is 15.9 Å². The summed E-state index contributed by atoms with van der Waals surface area (Å²) in [4.78, 5) is 19.1. The Balaban J connectivity index is 2.12. The van der Waals surface area contributed by atoms with Gasteiger partial charge in [0.25, 0.3) is 0 Å². The van der Waals surface area contributed by atoms with E-state index in [9.17, 15) is 4.79 Å². The van der Waals surface area contributed by atoms with Gasteiger partial charge in [0.1, 0.15) is 5.03 Å². The third-order valence-corrected chi connectivity index (χ3v) is 3.79. The van der Waals surface area contributed by atoms with Gasteiger partial charge < -0.3 is 11.5 Å². The zero-order valence-electron chi connectivity index (χ0n) is 9.84. The second-order valence-electron chi connectivity index (χ2n) is 3.71. The minimum atomic E-state index is -0.501. The lowest BCUT2D eigenvalue weighted by molar-refractivity contribution is 0.100. The fraction of sp³-hybridized carbons (Fsp3) is 0.0833. The lowest BCUT2D eigenvalue weighted by Crippen LogP contribution is -2.10. The lowest BCUT2D eigenvalue weighted by Gasteiger charge is -2.06. The normalized spacial score (nSPS) is 10.4. The predicted molar refractivity (Wildman–Crippen MR) is 76.0 cm³/mol. The molecule has 7 heteroatoms. The summed E-state index contributed by atoms with van der Waals surface area (Å²) in [7, 11) is 0. The Labute approximate surface area is 119 Å². The molecule has 2 aromatic rings. The van der Waals surface area contributed by atoms with Crippen molar-refractivity contribution in [1.29, 1.82) is 0 Å². The van der Waals surface area contributed by atoms with Crippen molar-refractivity contribution >= 4 is 35.1 Å². The van der Waals surface area contributed by atoms with Crippen LogP contribution < -0.4 is 11.5 Å². The number of rotatable bonds is 4. The van der Waals surface area contributed by atoms with Crippen LogP contribution in [0.5, 0.6) is 0 Å². The number of thioether (sulfide) groups is 1. The van der Waals surface area contributed by atoms with Gasteiger partial charge in [-0.25, -0.2) is 9.97 Å². The fourth-order valence-electron chi connectivity index (χ4n) is 1.41. The highest BCUT2D eigenvalue weighted by atomic mass is 35.5. The zero-order chi connectivity index (χ0) is 13.8. The fourth-order valence-corrected chi connectivity index (χ4v) is 2.62. The Hall–Kier alpha value is -1.79. The van der Waals surface area contributed by atoms with E-state index in [0.717, 1.165) is 5.56 Å². The number of primary amides is 1. The van der Waals surface area contributed by atoms with Gasteiger partial charge in [-0.15, -0.1) is 0 Å². The molecule has 0 aliphatic carbocycles. The first-order valence-electron chi connectivity index (χ1n) is 5.35. The van der Waals surface area contributed by atoms with E-state index in [-0.39, 0.29) is 0 Å². The van der Waals surface area contributed by atoms with Crippen LogP contribution in [-0.2, 0) is 5.75 Å². The molecule has 1 heterocycles. The van der Waals surface area contributed by atoms with Crippen LogP contribution in [0, 0.1) is 0 Å². The van der Waals surface area contributed by atoms with Crippen molar-refractivity contribution in [1.82, 2.24) is 9.97 Å². The van der Waals surface area contributed by atoms with Crippen LogP contribution in [0.25, 0.3) is 0 Å². The molecule has 0 saturated carbocycles. The number of carbonyl (C=O) groups is 1. The molecular weight excluding hydrogens is 284 g/mol. The third-order valence-electron chi connectivity index (χ3n) is 2.39. The molecule has 1 aromatic carbocycles. The van der Waals surface area contributed by atoms with Crippen molar-refractivity contribution in [2.24, 2.45) is 5.73 Å². The summed E-state index contributed by atoms with van der Waals surface area (Å²) >= 11 is 7.52. The van der Waals surface area contributed by atoms with E-state index in [1.54, 1.807) is 24.4 Å². The lowest BCUT2D eigenvalue weighted by atomic mass is 10.1. The first kappa shape index (κ1) is 13.6. The highest BCUT2D eigenvalue weighted by molar-refractivity contribution is 7.98. The summed E-state index contributed by atoms with van der Waals surface area (Å²) in [6.45, 7) is 0. The highest BCUT2D eigenvalue weighted by Gasteiger charge is 2.08. The van der Waals surface area contributed by atoms with E-state index in [4.69, 9.17) is 23.1 Å². The Morgan fingerprint density at radius 3 is 2.68 bits per heavy atom. The molecule has 0 spiro atoms. The van der Waals surface area contributed by atoms with E-state index in [2.05, 4.69) is 9.97 Å². The van der Waals surface area contributed by atoms with E-state index in [1.165, 1.54) is 18.0 Å². The number of hydrogen-bond acceptors (Lipinski definition) is 5. The number of aromatic nitrogens is 2. The van der Waals surface area contributed by atoms with Crippen molar-refractivity contribution in [2.75, 3.05) is 5.73 Å². The maximum absolute atomic E-state index is 11.0. The summed E-state index contributed by atoms with van der Waals surface area (Å²) in [6.07, 6.45) is 3.12. The van der Waals surface area contributed by atoms with Gasteiger partial charge in [-0.05, 0) is 17.7 Å². The van der Waals surface area contributed by atoms with Gasteiger partial charge >= 0.3 is 0 Å². The molecular formula is C12H11ClN4OS. The first-order chi connectivity index (χ1) is 9.08. The Morgan fingerprint density at radius 2 is 2.05 bits per heavy atom. The number of nitrogen functional groups attached to an aromatic ring is 1. The minimum Gasteiger partial charge on any atom is -0.381 e. The standard InChI is InChI=1S/C12H11ClN4OS/c13-9-5-7(11(15)18)1-2-8(9)6-19-12-10(14)16-3-4-17-12/h1-5H,6H2,(H2,14,16)(H2,15,18). The van der Waals surface area contributed by atoms with Gasteiger partial charge in [-0.3, -0.25) is 4.79 Å². The monoisotopic (exact) mass is 294 g/mol. The molecule has 2 rings (SSSR count). The topological polar surface area (TPSA) is 94.9 Å². The minimum absolute atomic E-state index is 0.386. The summed E-state index contributed by atoms with van der Waals surface area (Å²) in [5.41, 5.74) is 12.1. The maximum atomic E-state index is 11.0. The molecule has 0 atom stereocenters. The van der Waals surface area contributed by atoms with E-state index in [0.29, 0.717) is 27.2 Å². The molecule has 0 unspecified atom stereocenters. The number of benzene rings is 1. The van der Waals surface area contributed by atoms with E-state index >= 15 is 0 Å². The SMILES string of the molecule is NC(=O)c1ccc(CSc2nccnc2N)c(Cl)c1. The first-order valence-corrected chi connectivity index (χ1v) is 6.72. The molecule has 1 aromatic heterocycles. The largest absolute Gasteiger partial charge is 0.381 e. The van der Waals surface area contributed by atoms with Crippen LogP contribution in [0.4, 0.5) is 5.82 Å². The highest BCUT2D eigenvalue weighted by Crippen LogP contribution is 2.28. The quantitative estimate of drug-likeness (QED) is 0.842. The molecule has 0 aliphatic heterocycles. The number of nitrogens with zero attached hydrogens (tertiary/aromatic N) is 2. The summed E-state index contributed by atoms with van der Waals surface area (Å²) in [5, 5.41) is 1.14. The number of halogens is 1. The molecule has 98 valence electrons. The molecule has 19 heavy (non-hydrogen) atoms. The van der Waals surface area contributed by atoms with E-state index < -0.39 is 5.91 Å².